The molecule has 0 radical (unpaired) electrons. The summed E-state index contributed by atoms with van der Waals surface area (Å²) in [6.45, 7) is 1.95. The number of aromatic hydroxyl groups is 1. The Hall–Kier alpha value is -3.28. The molecule has 0 atom stereocenters. The van der Waals surface area contributed by atoms with E-state index in [0.717, 1.165) is 16.5 Å². The number of para-hydroxylation sites is 1. The number of aromatic nitrogens is 1. The van der Waals surface area contributed by atoms with Crippen molar-refractivity contribution in [1.29, 1.82) is 0 Å². The Bertz CT molecular complexity index is 1110. The summed E-state index contributed by atoms with van der Waals surface area (Å²) in [5.41, 5.74) is 2.29. The molecule has 112 valence electrons. The summed E-state index contributed by atoms with van der Waals surface area (Å²) in [6, 6.07) is 12.9. The molecule has 6 nitrogen and oxygen atoms in total. The molecule has 0 bridgehead atoms. The summed E-state index contributed by atoms with van der Waals surface area (Å²) in [4.78, 5) is 18.7. The predicted octanol–water partition coefficient (Wildman–Crippen LogP) is 2.23. The van der Waals surface area contributed by atoms with Crippen LogP contribution >= 0.6 is 0 Å². The van der Waals surface area contributed by atoms with Gasteiger partial charge in [-0.15, -0.1) is 10.2 Å². The van der Waals surface area contributed by atoms with Gasteiger partial charge in [0.1, 0.15) is 0 Å². The molecule has 1 aromatic heterocycles. The number of amides is 1. The third kappa shape index (κ3) is 2.12. The fourth-order valence-corrected chi connectivity index (χ4v) is 2.62. The number of fused-ring (bicyclic) bond motifs is 2. The average Bonchev–Trinajstić information content (AvgIpc) is 3.01. The average molecular weight is 304 g/mol. The Kier molecular flexibility index (Phi) is 2.84. The van der Waals surface area contributed by atoms with Gasteiger partial charge in [0.25, 0.3) is 5.91 Å². The molecule has 1 aliphatic heterocycles. The Balaban J connectivity index is 1.88. The van der Waals surface area contributed by atoms with E-state index in [1.807, 2.05) is 37.3 Å². The topological polar surface area (TPSA) is 90.2 Å². The number of carbonyl (C=O) groups excluding carboxylic acids is 1. The van der Waals surface area contributed by atoms with E-state index < -0.39 is 5.91 Å². The number of carbonyl (C=O) groups is 1. The fraction of sp³-hybridized carbons (Fsp3) is 0.0588. The Morgan fingerprint density at radius 2 is 1.96 bits per heavy atom. The highest BCUT2D eigenvalue weighted by atomic mass is 16.3. The molecule has 0 fully saturated rings. The Morgan fingerprint density at radius 3 is 2.83 bits per heavy atom. The van der Waals surface area contributed by atoms with Gasteiger partial charge in [-0.2, -0.15) is 0 Å². The minimum Gasteiger partial charge on any atom is -0.493 e. The molecular formula is C17H12N4O2. The van der Waals surface area contributed by atoms with Crippen LogP contribution in [0.2, 0.25) is 0 Å². The minimum absolute atomic E-state index is 0.0781. The lowest BCUT2D eigenvalue weighted by atomic mass is 10.1. The first-order valence-corrected chi connectivity index (χ1v) is 7.09. The van der Waals surface area contributed by atoms with Gasteiger partial charge in [-0.3, -0.25) is 4.79 Å². The van der Waals surface area contributed by atoms with E-state index in [1.165, 1.54) is 0 Å². The van der Waals surface area contributed by atoms with Crippen molar-refractivity contribution in [2.24, 2.45) is 15.2 Å². The van der Waals surface area contributed by atoms with Crippen LogP contribution in [-0.2, 0) is 4.79 Å². The van der Waals surface area contributed by atoms with Gasteiger partial charge in [-0.1, -0.05) is 29.8 Å². The van der Waals surface area contributed by atoms with E-state index in [4.69, 9.17) is 0 Å². The maximum Gasteiger partial charge on any atom is 0.298 e. The van der Waals surface area contributed by atoms with Gasteiger partial charge in [-0.05, 0) is 25.1 Å². The van der Waals surface area contributed by atoms with Gasteiger partial charge in [0.15, 0.2) is 11.4 Å². The summed E-state index contributed by atoms with van der Waals surface area (Å²) < 4.78 is 0. The number of rotatable bonds is 2. The van der Waals surface area contributed by atoms with Crippen LogP contribution in [0.25, 0.3) is 16.6 Å². The molecule has 1 amide bonds. The number of aryl methyl sites for hydroxylation is 1. The summed E-state index contributed by atoms with van der Waals surface area (Å²) in [7, 11) is 0. The molecule has 0 unspecified atom stereocenters. The number of hydrogen-bond acceptors (Lipinski definition) is 4. The van der Waals surface area contributed by atoms with Crippen molar-refractivity contribution in [2.45, 2.75) is 6.92 Å². The fourth-order valence-electron chi connectivity index (χ4n) is 2.62. The molecule has 2 aromatic carbocycles. The predicted molar refractivity (Wildman–Crippen MR) is 84.9 cm³/mol. The van der Waals surface area contributed by atoms with Crippen molar-refractivity contribution < 1.29 is 9.90 Å². The molecule has 1 aliphatic rings. The summed E-state index contributed by atoms with van der Waals surface area (Å²) in [5, 5.41) is 20.2. The lowest BCUT2D eigenvalue weighted by Gasteiger charge is -1.94. The first-order chi connectivity index (χ1) is 11.1. The molecule has 6 heteroatoms. The summed E-state index contributed by atoms with van der Waals surface area (Å²) >= 11 is 0. The quantitative estimate of drug-likeness (QED) is 0.711. The van der Waals surface area contributed by atoms with Gasteiger partial charge < -0.3 is 10.1 Å². The smallest absolute Gasteiger partial charge is 0.298 e. The lowest BCUT2D eigenvalue weighted by Crippen LogP contribution is -2.21. The molecule has 2 heterocycles. The van der Waals surface area contributed by atoms with Gasteiger partial charge in [0.05, 0.1) is 10.9 Å². The number of nitrogens with zero attached hydrogens (tertiary/aromatic N) is 3. The van der Waals surface area contributed by atoms with E-state index >= 15 is 0 Å². The van der Waals surface area contributed by atoms with Crippen LogP contribution in [0.5, 0.6) is 5.88 Å². The van der Waals surface area contributed by atoms with Crippen molar-refractivity contribution >= 4 is 28.2 Å². The second-order valence-electron chi connectivity index (χ2n) is 5.35. The molecule has 3 aromatic rings. The number of benzene rings is 2. The summed E-state index contributed by atoms with van der Waals surface area (Å²) in [6.07, 6.45) is 0. The third-order valence-corrected chi connectivity index (χ3v) is 3.74. The van der Waals surface area contributed by atoms with Crippen LogP contribution in [-0.4, -0.2) is 16.0 Å². The molecule has 0 spiro atoms. The van der Waals surface area contributed by atoms with Gasteiger partial charge >= 0.3 is 0 Å². The number of aromatic amines is 1. The van der Waals surface area contributed by atoms with Crippen molar-refractivity contribution in [3.63, 3.8) is 0 Å². The molecule has 0 aliphatic carbocycles. The highest BCUT2D eigenvalue weighted by Crippen LogP contribution is 2.36. The Labute approximate surface area is 130 Å². The van der Waals surface area contributed by atoms with E-state index in [0.29, 0.717) is 16.3 Å². The maximum atomic E-state index is 12.0. The van der Waals surface area contributed by atoms with E-state index in [1.54, 1.807) is 12.1 Å². The molecule has 0 saturated heterocycles. The number of nitrogens with one attached hydrogen (secondary N) is 1. The molecule has 4 rings (SSSR count). The molecular weight excluding hydrogens is 292 g/mol. The van der Waals surface area contributed by atoms with Crippen LogP contribution < -0.4 is 10.6 Å². The highest BCUT2D eigenvalue weighted by Gasteiger charge is 2.17. The Morgan fingerprint density at radius 1 is 1.13 bits per heavy atom. The van der Waals surface area contributed by atoms with Gasteiger partial charge in [0, 0.05) is 10.6 Å². The number of azo groups is 1. The van der Waals surface area contributed by atoms with E-state index in [9.17, 15) is 9.90 Å². The van der Waals surface area contributed by atoms with Crippen LogP contribution in [0.15, 0.2) is 57.7 Å². The summed E-state index contributed by atoms with van der Waals surface area (Å²) in [5.74, 6) is -0.504. The third-order valence-electron chi connectivity index (χ3n) is 3.74. The van der Waals surface area contributed by atoms with Crippen LogP contribution in [0, 0.1) is 6.92 Å². The van der Waals surface area contributed by atoms with Gasteiger partial charge in [-0.25, -0.2) is 4.99 Å². The monoisotopic (exact) mass is 304 g/mol. The minimum atomic E-state index is -0.425. The zero-order chi connectivity index (χ0) is 16.0. The standard InChI is InChI=1S/C17H12N4O2/c1-9-6-7-13-11(8-9)15(17(23)19-13)21-20-14-10-4-2-3-5-12(10)18-16(14)22/h2-8,19,23H,1H3. The molecule has 23 heavy (non-hydrogen) atoms. The number of H-pyrrole nitrogens is 1. The molecule has 0 saturated carbocycles. The zero-order valence-electron chi connectivity index (χ0n) is 12.2. The first-order valence-electron chi connectivity index (χ1n) is 7.09. The number of hydrogen-bond donors (Lipinski definition) is 2. The van der Waals surface area contributed by atoms with E-state index in [2.05, 4.69) is 20.2 Å². The second kappa shape index (κ2) is 4.88. The largest absolute Gasteiger partial charge is 0.493 e. The van der Waals surface area contributed by atoms with Crippen molar-refractivity contribution in [3.05, 3.63) is 58.6 Å². The first kappa shape index (κ1) is 13.4. The zero-order valence-corrected chi connectivity index (χ0v) is 12.2. The maximum absolute atomic E-state index is 12.0. The second-order valence-corrected chi connectivity index (χ2v) is 5.35. The van der Waals surface area contributed by atoms with E-state index in [-0.39, 0.29) is 11.6 Å². The van der Waals surface area contributed by atoms with Crippen LogP contribution in [0.1, 0.15) is 5.56 Å². The SMILES string of the molecule is Cc1ccc2[nH]c(O)c(N=NC3=c4ccccc4=NC3=O)c2c1. The van der Waals surface area contributed by atoms with Crippen molar-refractivity contribution in [2.75, 3.05) is 0 Å². The van der Waals surface area contributed by atoms with Crippen molar-refractivity contribution in [3.8, 4) is 5.88 Å². The lowest BCUT2D eigenvalue weighted by molar-refractivity contribution is -0.112. The van der Waals surface area contributed by atoms with Crippen molar-refractivity contribution in [1.82, 2.24) is 4.98 Å². The van der Waals surface area contributed by atoms with Gasteiger partial charge in [0.2, 0.25) is 5.88 Å². The normalized spacial score (nSPS) is 13.8. The molecule has 2 N–H and O–H groups in total. The highest BCUT2D eigenvalue weighted by molar-refractivity contribution is 6.14. The van der Waals surface area contributed by atoms with Crippen LogP contribution in [0.4, 0.5) is 5.69 Å². The van der Waals surface area contributed by atoms with Crippen LogP contribution in [0.3, 0.4) is 0 Å².